The second-order valence-electron chi connectivity index (χ2n) is 8.68. The molecule has 172 valence electrons. The third kappa shape index (κ3) is 4.43. The average molecular weight is 469 g/mol. The van der Waals surface area contributed by atoms with E-state index in [0.29, 0.717) is 31.1 Å². The third-order valence-corrected chi connectivity index (χ3v) is 6.78. The molecule has 1 aromatic carbocycles. The molecule has 0 radical (unpaired) electrons. The number of carbonyl (C=O) groups excluding carboxylic acids is 3. The number of imide groups is 1. The molecule has 2 fully saturated rings. The zero-order valence-electron chi connectivity index (χ0n) is 18.1. The number of rotatable bonds is 5. The molecule has 0 saturated carbocycles. The van der Waals surface area contributed by atoms with Crippen molar-refractivity contribution in [1.82, 2.24) is 25.5 Å². The quantitative estimate of drug-likeness (QED) is 0.507. The van der Waals surface area contributed by atoms with Gasteiger partial charge in [0.25, 0.3) is 5.91 Å². The number of hydrogen-bond donors (Lipinski definition) is 2. The van der Waals surface area contributed by atoms with Gasteiger partial charge in [-0.2, -0.15) is 0 Å². The lowest BCUT2D eigenvalue weighted by molar-refractivity contribution is -0.136. The van der Waals surface area contributed by atoms with Crippen molar-refractivity contribution in [1.29, 1.82) is 0 Å². The van der Waals surface area contributed by atoms with E-state index >= 15 is 0 Å². The number of benzene rings is 1. The SMILES string of the molecule is O=C1CCC(N2Cc3ccc(CN(c4ccnc(Cl)n4)C4CCNCC4)cc3C2=O)C(=O)N1. The lowest BCUT2D eigenvalue weighted by Gasteiger charge is -2.35. The Kier molecular flexibility index (Phi) is 5.99. The van der Waals surface area contributed by atoms with Crippen LogP contribution in [0.5, 0.6) is 0 Å². The Morgan fingerprint density at radius 2 is 1.94 bits per heavy atom. The zero-order chi connectivity index (χ0) is 22.9. The Bertz CT molecular complexity index is 1100. The van der Waals surface area contributed by atoms with Crippen molar-refractivity contribution >= 4 is 35.1 Å². The van der Waals surface area contributed by atoms with Gasteiger partial charge in [0.2, 0.25) is 17.1 Å². The summed E-state index contributed by atoms with van der Waals surface area (Å²) in [6.07, 6.45) is 4.22. The predicted molar refractivity (Wildman–Crippen MR) is 122 cm³/mol. The normalized spacial score (nSPS) is 21.2. The van der Waals surface area contributed by atoms with Crippen LogP contribution in [0.25, 0.3) is 0 Å². The van der Waals surface area contributed by atoms with Crippen LogP contribution in [0.1, 0.15) is 47.2 Å². The van der Waals surface area contributed by atoms with Gasteiger partial charge >= 0.3 is 0 Å². The molecule has 5 rings (SSSR count). The average Bonchev–Trinajstić information content (AvgIpc) is 3.14. The van der Waals surface area contributed by atoms with Gasteiger partial charge in [-0.05, 0) is 67.2 Å². The molecule has 9 nitrogen and oxygen atoms in total. The fraction of sp³-hybridized carbons (Fsp3) is 0.435. The van der Waals surface area contributed by atoms with Crippen LogP contribution in [0.4, 0.5) is 5.82 Å². The lowest BCUT2D eigenvalue weighted by atomic mass is 10.0. The maximum absolute atomic E-state index is 13.2. The fourth-order valence-corrected chi connectivity index (χ4v) is 5.04. The first-order valence-corrected chi connectivity index (χ1v) is 11.6. The van der Waals surface area contributed by atoms with Crippen molar-refractivity contribution in [3.05, 3.63) is 52.4 Å². The molecule has 0 bridgehead atoms. The highest BCUT2D eigenvalue weighted by atomic mass is 35.5. The van der Waals surface area contributed by atoms with Gasteiger partial charge in [-0.25, -0.2) is 9.97 Å². The number of aromatic nitrogens is 2. The number of anilines is 1. The van der Waals surface area contributed by atoms with Gasteiger partial charge in [0.15, 0.2) is 0 Å². The maximum Gasteiger partial charge on any atom is 0.255 e. The van der Waals surface area contributed by atoms with Crippen LogP contribution < -0.4 is 15.5 Å². The minimum absolute atomic E-state index is 0.167. The molecule has 0 aliphatic carbocycles. The van der Waals surface area contributed by atoms with E-state index in [-0.39, 0.29) is 23.5 Å². The highest BCUT2D eigenvalue weighted by Gasteiger charge is 2.39. The summed E-state index contributed by atoms with van der Waals surface area (Å²) in [7, 11) is 0. The standard InChI is InChI=1S/C23H25ClN6O3/c24-23-26-10-7-19(27-23)29(16-5-8-25-9-6-16)12-14-1-2-15-13-30(22(33)17(15)11-14)18-3-4-20(31)28-21(18)32/h1-2,7,10-11,16,18,25H,3-6,8-9,12-13H2,(H,28,31,32). The summed E-state index contributed by atoms with van der Waals surface area (Å²) < 4.78 is 0. The Balaban J connectivity index is 1.38. The summed E-state index contributed by atoms with van der Waals surface area (Å²) in [5.74, 6) is -0.0883. The molecule has 1 unspecified atom stereocenters. The third-order valence-electron chi connectivity index (χ3n) is 6.60. The van der Waals surface area contributed by atoms with Gasteiger partial charge in [0, 0.05) is 37.3 Å². The van der Waals surface area contributed by atoms with Crippen molar-refractivity contribution in [3.63, 3.8) is 0 Å². The van der Waals surface area contributed by atoms with E-state index in [2.05, 4.69) is 25.5 Å². The minimum atomic E-state index is -0.611. The Morgan fingerprint density at radius 3 is 2.70 bits per heavy atom. The van der Waals surface area contributed by atoms with Crippen molar-refractivity contribution in [2.24, 2.45) is 0 Å². The molecule has 2 N–H and O–H groups in total. The number of amides is 3. The highest BCUT2D eigenvalue weighted by Crippen LogP contribution is 2.30. The molecule has 2 aromatic rings. The van der Waals surface area contributed by atoms with Crippen LogP contribution >= 0.6 is 11.6 Å². The minimum Gasteiger partial charge on any atom is -0.349 e. The molecule has 33 heavy (non-hydrogen) atoms. The molecular weight excluding hydrogens is 444 g/mol. The number of halogens is 1. The summed E-state index contributed by atoms with van der Waals surface area (Å²) in [5.41, 5.74) is 2.50. The molecular formula is C23H25ClN6O3. The van der Waals surface area contributed by atoms with Crippen molar-refractivity contribution < 1.29 is 14.4 Å². The van der Waals surface area contributed by atoms with Crippen LogP contribution in [0, 0.1) is 0 Å². The number of piperidine rings is 2. The van der Waals surface area contributed by atoms with Crippen molar-refractivity contribution in [2.45, 2.75) is 50.9 Å². The van der Waals surface area contributed by atoms with E-state index in [1.54, 1.807) is 11.1 Å². The van der Waals surface area contributed by atoms with E-state index in [1.807, 2.05) is 24.3 Å². The highest BCUT2D eigenvalue weighted by molar-refractivity contribution is 6.28. The van der Waals surface area contributed by atoms with E-state index < -0.39 is 11.9 Å². The van der Waals surface area contributed by atoms with Gasteiger partial charge < -0.3 is 15.1 Å². The predicted octanol–water partition coefficient (Wildman–Crippen LogP) is 1.65. The van der Waals surface area contributed by atoms with Crippen molar-refractivity contribution in [3.8, 4) is 0 Å². The number of carbonyl (C=O) groups is 3. The first-order chi connectivity index (χ1) is 16.0. The first kappa shape index (κ1) is 21.8. The summed E-state index contributed by atoms with van der Waals surface area (Å²) in [5, 5.41) is 5.94. The van der Waals surface area contributed by atoms with Crippen LogP contribution in [0.3, 0.4) is 0 Å². The fourth-order valence-electron chi connectivity index (χ4n) is 4.90. The van der Waals surface area contributed by atoms with Crippen LogP contribution in [0.2, 0.25) is 5.28 Å². The van der Waals surface area contributed by atoms with Crippen LogP contribution in [-0.4, -0.2) is 57.8 Å². The molecule has 0 spiro atoms. The second-order valence-corrected chi connectivity index (χ2v) is 9.02. The summed E-state index contributed by atoms with van der Waals surface area (Å²) >= 11 is 6.07. The topological polar surface area (TPSA) is 108 Å². The van der Waals surface area contributed by atoms with E-state index in [0.717, 1.165) is 42.9 Å². The molecule has 10 heteroatoms. The molecule has 1 aromatic heterocycles. The number of fused-ring (bicyclic) bond motifs is 1. The molecule has 3 amide bonds. The monoisotopic (exact) mass is 468 g/mol. The first-order valence-electron chi connectivity index (χ1n) is 11.2. The van der Waals surface area contributed by atoms with Crippen LogP contribution in [-0.2, 0) is 22.7 Å². The molecule has 3 aliphatic rings. The molecule has 3 aliphatic heterocycles. The zero-order valence-corrected chi connectivity index (χ0v) is 18.8. The van der Waals surface area contributed by atoms with E-state index in [4.69, 9.17) is 11.6 Å². The number of hydrogen-bond acceptors (Lipinski definition) is 7. The Labute approximate surface area is 196 Å². The van der Waals surface area contributed by atoms with Gasteiger partial charge in [-0.15, -0.1) is 0 Å². The number of nitrogens with zero attached hydrogens (tertiary/aromatic N) is 4. The largest absolute Gasteiger partial charge is 0.349 e. The summed E-state index contributed by atoms with van der Waals surface area (Å²) in [6, 6.07) is 7.44. The molecule has 2 saturated heterocycles. The number of nitrogens with one attached hydrogen (secondary N) is 2. The second kappa shape index (κ2) is 9.07. The summed E-state index contributed by atoms with van der Waals surface area (Å²) in [6.45, 7) is 2.82. The molecule has 4 heterocycles. The smallest absolute Gasteiger partial charge is 0.255 e. The van der Waals surface area contributed by atoms with Gasteiger partial charge in [-0.1, -0.05) is 12.1 Å². The van der Waals surface area contributed by atoms with E-state index in [9.17, 15) is 14.4 Å². The van der Waals surface area contributed by atoms with Crippen molar-refractivity contribution in [2.75, 3.05) is 18.0 Å². The van der Waals surface area contributed by atoms with Gasteiger partial charge in [0.1, 0.15) is 11.9 Å². The van der Waals surface area contributed by atoms with E-state index in [1.165, 1.54) is 0 Å². The lowest BCUT2D eigenvalue weighted by Crippen LogP contribution is -2.52. The Hall–Kier alpha value is -3.04. The maximum atomic E-state index is 13.2. The van der Waals surface area contributed by atoms with Gasteiger partial charge in [-0.3, -0.25) is 19.7 Å². The Morgan fingerprint density at radius 1 is 1.12 bits per heavy atom. The van der Waals surface area contributed by atoms with Gasteiger partial charge in [0.05, 0.1) is 0 Å². The molecule has 1 atom stereocenters. The van der Waals surface area contributed by atoms with Crippen LogP contribution in [0.15, 0.2) is 30.5 Å². The summed E-state index contributed by atoms with van der Waals surface area (Å²) in [4.78, 5) is 49.2.